The van der Waals surface area contributed by atoms with Crippen molar-refractivity contribution in [2.75, 3.05) is 5.32 Å². The Morgan fingerprint density at radius 2 is 1.86 bits per heavy atom. The third-order valence-electron chi connectivity index (χ3n) is 5.58. The van der Waals surface area contributed by atoms with Crippen LogP contribution >= 0.6 is 0 Å². The van der Waals surface area contributed by atoms with Gasteiger partial charge in [-0.15, -0.1) is 0 Å². The van der Waals surface area contributed by atoms with Crippen molar-refractivity contribution < 1.29 is 5.11 Å². The molecule has 148 valence electrons. The van der Waals surface area contributed by atoms with Crippen LogP contribution in [0.2, 0.25) is 0 Å². The molecule has 0 atom stereocenters. The van der Waals surface area contributed by atoms with Gasteiger partial charge >= 0.3 is 0 Å². The van der Waals surface area contributed by atoms with E-state index < -0.39 is 0 Å². The summed E-state index contributed by atoms with van der Waals surface area (Å²) >= 11 is 0. The van der Waals surface area contributed by atoms with Gasteiger partial charge in [-0.05, 0) is 31.2 Å². The van der Waals surface area contributed by atoms with Crippen LogP contribution in [-0.2, 0) is 6.54 Å². The van der Waals surface area contributed by atoms with Crippen molar-refractivity contribution in [2.45, 2.75) is 44.4 Å². The van der Waals surface area contributed by atoms with E-state index in [2.05, 4.69) is 36.9 Å². The van der Waals surface area contributed by atoms with Crippen molar-refractivity contribution in [2.24, 2.45) is 0 Å². The number of aromatic nitrogens is 5. The van der Waals surface area contributed by atoms with Crippen LogP contribution in [0.25, 0.3) is 16.9 Å². The lowest BCUT2D eigenvalue weighted by molar-refractivity contribution is 0.126. The summed E-state index contributed by atoms with van der Waals surface area (Å²) in [5.74, 6) is 0.789. The molecule has 0 spiro atoms. The molecule has 7 heteroatoms. The smallest absolute Gasteiger partial charge is 0.180 e. The van der Waals surface area contributed by atoms with Crippen LogP contribution in [0.1, 0.15) is 31.2 Å². The zero-order chi connectivity index (χ0) is 19.6. The van der Waals surface area contributed by atoms with Gasteiger partial charge in [-0.25, -0.2) is 9.97 Å². The summed E-state index contributed by atoms with van der Waals surface area (Å²) in [6, 6.07) is 10.6. The molecular formula is C22H24N6O. The molecule has 1 aliphatic carbocycles. The Balaban J connectivity index is 1.40. The molecule has 2 N–H and O–H groups in total. The highest BCUT2D eigenvalue weighted by molar-refractivity contribution is 5.69. The molecule has 1 saturated carbocycles. The molecule has 0 saturated heterocycles. The molecular weight excluding hydrogens is 364 g/mol. The van der Waals surface area contributed by atoms with Gasteiger partial charge in [-0.1, -0.05) is 30.3 Å². The largest absolute Gasteiger partial charge is 0.393 e. The Morgan fingerprint density at radius 1 is 1.03 bits per heavy atom. The summed E-state index contributed by atoms with van der Waals surface area (Å²) in [6.07, 6.45) is 12.9. The number of anilines is 1. The summed E-state index contributed by atoms with van der Waals surface area (Å²) in [7, 11) is 0. The Labute approximate surface area is 169 Å². The number of aliphatic hydroxyl groups excluding tert-OH is 1. The number of nitrogens with zero attached hydrogens (tertiary/aromatic N) is 5. The zero-order valence-electron chi connectivity index (χ0n) is 16.1. The third-order valence-corrected chi connectivity index (χ3v) is 5.58. The Kier molecular flexibility index (Phi) is 4.73. The average molecular weight is 388 g/mol. The normalized spacial score (nSPS) is 19.5. The quantitative estimate of drug-likeness (QED) is 0.548. The fourth-order valence-corrected chi connectivity index (χ4v) is 4.00. The third kappa shape index (κ3) is 3.73. The maximum absolute atomic E-state index is 9.72. The first kappa shape index (κ1) is 17.9. The van der Waals surface area contributed by atoms with Crippen LogP contribution < -0.4 is 5.32 Å². The summed E-state index contributed by atoms with van der Waals surface area (Å²) in [5.41, 5.74) is 3.99. The van der Waals surface area contributed by atoms with Gasteiger partial charge in [-0.2, -0.15) is 5.10 Å². The SMILES string of the molecule is OC1CCC(Nc2ncc(-c3cnn(Cc4ccccc4)c3)n3ccnc23)CC1. The van der Waals surface area contributed by atoms with Crippen molar-refractivity contribution in [3.63, 3.8) is 0 Å². The van der Waals surface area contributed by atoms with Gasteiger partial charge in [0.2, 0.25) is 0 Å². The highest BCUT2D eigenvalue weighted by Gasteiger charge is 2.21. The van der Waals surface area contributed by atoms with Crippen LogP contribution in [0, 0.1) is 0 Å². The van der Waals surface area contributed by atoms with E-state index >= 15 is 0 Å². The van der Waals surface area contributed by atoms with E-state index in [1.807, 2.05) is 47.7 Å². The minimum atomic E-state index is -0.165. The molecule has 0 bridgehead atoms. The Bertz CT molecular complexity index is 1090. The van der Waals surface area contributed by atoms with Crippen LogP contribution in [0.4, 0.5) is 5.82 Å². The number of aliphatic hydroxyl groups is 1. The Morgan fingerprint density at radius 3 is 2.69 bits per heavy atom. The number of imidazole rings is 1. The predicted octanol–water partition coefficient (Wildman–Crippen LogP) is 3.36. The Hall–Kier alpha value is -3.19. The van der Waals surface area contributed by atoms with Gasteiger partial charge in [0, 0.05) is 30.2 Å². The van der Waals surface area contributed by atoms with Crippen LogP contribution in [0.5, 0.6) is 0 Å². The molecule has 4 aromatic rings. The minimum absolute atomic E-state index is 0.165. The molecule has 5 rings (SSSR count). The van der Waals surface area contributed by atoms with Gasteiger partial charge in [0.1, 0.15) is 0 Å². The number of hydrogen-bond donors (Lipinski definition) is 2. The number of benzene rings is 1. The summed E-state index contributed by atoms with van der Waals surface area (Å²) in [6.45, 7) is 0.731. The lowest BCUT2D eigenvalue weighted by Gasteiger charge is -2.26. The molecule has 0 radical (unpaired) electrons. The number of rotatable bonds is 5. The van der Waals surface area contributed by atoms with Crippen molar-refractivity contribution in [1.82, 2.24) is 24.1 Å². The maximum atomic E-state index is 9.72. The second kappa shape index (κ2) is 7.67. The average Bonchev–Trinajstić information content (AvgIpc) is 3.41. The first-order valence-electron chi connectivity index (χ1n) is 10.1. The molecule has 0 unspecified atom stereocenters. The van der Waals surface area contributed by atoms with Crippen molar-refractivity contribution in [3.05, 3.63) is 66.9 Å². The highest BCUT2D eigenvalue weighted by Crippen LogP contribution is 2.26. The fraction of sp³-hybridized carbons (Fsp3) is 0.318. The molecule has 29 heavy (non-hydrogen) atoms. The minimum Gasteiger partial charge on any atom is -0.393 e. The van der Waals surface area contributed by atoms with E-state index in [4.69, 9.17) is 0 Å². The second-order valence-corrected chi connectivity index (χ2v) is 7.67. The van der Waals surface area contributed by atoms with Crippen LogP contribution in [0.15, 0.2) is 61.3 Å². The monoisotopic (exact) mass is 388 g/mol. The first-order chi connectivity index (χ1) is 14.3. The standard InChI is InChI=1S/C22H24N6O/c29-19-8-6-18(7-9-19)26-21-22-23-10-11-28(22)20(13-24-21)17-12-25-27(15-17)14-16-4-2-1-3-5-16/h1-5,10-13,15,18-19,29H,6-9,14H2,(H,24,26). The summed E-state index contributed by atoms with van der Waals surface area (Å²) in [4.78, 5) is 9.19. The maximum Gasteiger partial charge on any atom is 0.180 e. The lowest BCUT2D eigenvalue weighted by atomic mass is 9.93. The van der Waals surface area contributed by atoms with Gasteiger partial charge in [0.05, 0.1) is 30.7 Å². The molecule has 0 aliphatic heterocycles. The van der Waals surface area contributed by atoms with E-state index in [1.54, 1.807) is 6.20 Å². The summed E-state index contributed by atoms with van der Waals surface area (Å²) < 4.78 is 3.99. The number of fused-ring (bicyclic) bond motifs is 1. The van der Waals surface area contributed by atoms with Gasteiger partial charge in [-0.3, -0.25) is 9.08 Å². The van der Waals surface area contributed by atoms with Crippen LogP contribution in [0.3, 0.4) is 0 Å². The number of hydrogen-bond acceptors (Lipinski definition) is 5. The number of nitrogens with one attached hydrogen (secondary N) is 1. The van der Waals surface area contributed by atoms with Gasteiger partial charge in [0.15, 0.2) is 11.5 Å². The molecule has 0 amide bonds. The molecule has 1 fully saturated rings. The van der Waals surface area contributed by atoms with Crippen LogP contribution in [-0.4, -0.2) is 41.4 Å². The molecule has 3 aromatic heterocycles. The van der Waals surface area contributed by atoms with Gasteiger partial charge in [0.25, 0.3) is 0 Å². The van der Waals surface area contributed by atoms with E-state index in [0.717, 1.165) is 55.0 Å². The lowest BCUT2D eigenvalue weighted by Crippen LogP contribution is -2.28. The van der Waals surface area contributed by atoms with E-state index in [0.29, 0.717) is 6.04 Å². The molecule has 3 heterocycles. The second-order valence-electron chi connectivity index (χ2n) is 7.67. The van der Waals surface area contributed by atoms with Crippen molar-refractivity contribution >= 4 is 11.5 Å². The predicted molar refractivity (Wildman–Crippen MR) is 112 cm³/mol. The zero-order valence-corrected chi connectivity index (χ0v) is 16.1. The molecule has 1 aromatic carbocycles. The molecule has 1 aliphatic rings. The topological polar surface area (TPSA) is 80.3 Å². The highest BCUT2D eigenvalue weighted by atomic mass is 16.3. The molecule has 7 nitrogen and oxygen atoms in total. The first-order valence-corrected chi connectivity index (χ1v) is 10.1. The van der Waals surface area contributed by atoms with Crippen molar-refractivity contribution in [3.8, 4) is 11.3 Å². The van der Waals surface area contributed by atoms with Crippen molar-refractivity contribution in [1.29, 1.82) is 0 Å². The fourth-order valence-electron chi connectivity index (χ4n) is 4.00. The summed E-state index contributed by atoms with van der Waals surface area (Å²) in [5, 5.41) is 17.8. The van der Waals surface area contributed by atoms with Gasteiger partial charge < -0.3 is 10.4 Å². The van der Waals surface area contributed by atoms with E-state index in [-0.39, 0.29) is 6.10 Å². The van der Waals surface area contributed by atoms with E-state index in [9.17, 15) is 5.11 Å². The van der Waals surface area contributed by atoms with E-state index in [1.165, 1.54) is 5.56 Å².